The second-order valence-corrected chi connectivity index (χ2v) is 5.18. The molecule has 0 spiro atoms. The molecular weight excluding hydrogens is 315 g/mol. The molecule has 23 heavy (non-hydrogen) atoms. The molecule has 0 N–H and O–H groups in total. The molecule has 9 heteroatoms. The molecule has 0 amide bonds. The summed E-state index contributed by atoms with van der Waals surface area (Å²) in [5.74, 6) is -1.38. The Kier molecular flexibility index (Phi) is 4.23. The molecular formula is C14H16F3N3O3. The van der Waals surface area contributed by atoms with Crippen LogP contribution in [0.25, 0.3) is 0 Å². The van der Waals surface area contributed by atoms with Crippen molar-refractivity contribution >= 4 is 5.97 Å². The van der Waals surface area contributed by atoms with Gasteiger partial charge >= 0.3 is 12.1 Å². The van der Waals surface area contributed by atoms with Gasteiger partial charge in [-0.1, -0.05) is 0 Å². The molecule has 0 saturated carbocycles. The molecule has 2 aromatic rings. The lowest BCUT2D eigenvalue weighted by Gasteiger charge is -2.21. The topological polar surface area (TPSA) is 70.2 Å². The monoisotopic (exact) mass is 331 g/mol. The van der Waals surface area contributed by atoms with E-state index in [1.54, 1.807) is 0 Å². The molecule has 1 atom stereocenters. The minimum atomic E-state index is -4.78. The number of carbonyl (C=O) groups is 1. The van der Waals surface area contributed by atoms with Gasteiger partial charge in [-0.05, 0) is 20.8 Å². The SMILES string of the molecule is Cc1nc(C)c(C(=O)OC(c2c(C)nn(C)c2C)C(F)(F)F)o1. The fourth-order valence-corrected chi connectivity index (χ4v) is 2.34. The number of halogens is 3. The largest absolute Gasteiger partial charge is 0.442 e. The van der Waals surface area contributed by atoms with Gasteiger partial charge in [-0.25, -0.2) is 9.78 Å². The molecule has 1 unspecified atom stereocenters. The van der Waals surface area contributed by atoms with Crippen LogP contribution >= 0.6 is 0 Å². The van der Waals surface area contributed by atoms with Crippen molar-refractivity contribution in [1.29, 1.82) is 0 Å². The minimum absolute atomic E-state index is 0.144. The van der Waals surface area contributed by atoms with Crippen molar-refractivity contribution in [3.63, 3.8) is 0 Å². The standard InChI is InChI=1S/C14H16F3N3O3/c1-6-10(8(3)20(5)19-6)12(14(15,16)17)23-13(21)11-7(2)18-9(4)22-11/h12H,1-5H3. The third-order valence-electron chi connectivity index (χ3n) is 3.44. The normalized spacial score (nSPS) is 13.2. The van der Waals surface area contributed by atoms with E-state index in [1.807, 2.05) is 0 Å². The van der Waals surface area contributed by atoms with Crippen LogP contribution in [0.1, 0.15) is 45.2 Å². The van der Waals surface area contributed by atoms with Crippen molar-refractivity contribution in [3.05, 3.63) is 34.3 Å². The summed E-state index contributed by atoms with van der Waals surface area (Å²) >= 11 is 0. The van der Waals surface area contributed by atoms with Gasteiger partial charge in [0.05, 0.1) is 11.4 Å². The Morgan fingerprint density at radius 3 is 2.22 bits per heavy atom. The van der Waals surface area contributed by atoms with Crippen molar-refractivity contribution < 1.29 is 27.1 Å². The number of aryl methyl sites for hydroxylation is 4. The summed E-state index contributed by atoms with van der Waals surface area (Å²) in [6.07, 6.45) is -7.20. The molecule has 2 aromatic heterocycles. The Balaban J connectivity index is 2.41. The molecule has 2 heterocycles. The van der Waals surface area contributed by atoms with Crippen LogP contribution in [0.15, 0.2) is 4.42 Å². The molecule has 0 radical (unpaired) electrons. The minimum Gasteiger partial charge on any atom is -0.442 e. The van der Waals surface area contributed by atoms with Gasteiger partial charge in [-0.2, -0.15) is 18.3 Å². The van der Waals surface area contributed by atoms with Gasteiger partial charge in [0.25, 0.3) is 0 Å². The number of rotatable bonds is 3. The maximum atomic E-state index is 13.4. The highest BCUT2D eigenvalue weighted by atomic mass is 19.4. The lowest BCUT2D eigenvalue weighted by Crippen LogP contribution is -2.27. The van der Waals surface area contributed by atoms with Crippen LogP contribution in [-0.2, 0) is 11.8 Å². The first-order chi connectivity index (χ1) is 10.5. The zero-order valence-corrected chi connectivity index (χ0v) is 13.3. The predicted molar refractivity (Wildman–Crippen MR) is 72.9 cm³/mol. The van der Waals surface area contributed by atoms with Gasteiger partial charge in [0.2, 0.25) is 11.9 Å². The number of oxazole rings is 1. The number of hydrogen-bond donors (Lipinski definition) is 0. The van der Waals surface area contributed by atoms with Crippen LogP contribution in [-0.4, -0.2) is 26.9 Å². The van der Waals surface area contributed by atoms with Crippen molar-refractivity contribution in [3.8, 4) is 0 Å². The van der Waals surface area contributed by atoms with E-state index in [0.29, 0.717) is 0 Å². The highest BCUT2D eigenvalue weighted by Gasteiger charge is 2.47. The number of nitrogens with zero attached hydrogens (tertiary/aromatic N) is 3. The highest BCUT2D eigenvalue weighted by molar-refractivity contribution is 5.87. The lowest BCUT2D eigenvalue weighted by molar-refractivity contribution is -0.208. The fourth-order valence-electron chi connectivity index (χ4n) is 2.34. The summed E-state index contributed by atoms with van der Waals surface area (Å²) in [6.45, 7) is 5.85. The third-order valence-corrected chi connectivity index (χ3v) is 3.44. The van der Waals surface area contributed by atoms with Crippen LogP contribution in [0.2, 0.25) is 0 Å². The average Bonchev–Trinajstić information content (AvgIpc) is 2.86. The van der Waals surface area contributed by atoms with Crippen LogP contribution in [0, 0.1) is 27.7 Å². The summed E-state index contributed by atoms with van der Waals surface area (Å²) in [6, 6.07) is 0. The molecule has 0 fully saturated rings. The van der Waals surface area contributed by atoms with Gasteiger partial charge in [-0.3, -0.25) is 4.68 Å². The maximum absolute atomic E-state index is 13.4. The van der Waals surface area contributed by atoms with Crippen LogP contribution in [0.3, 0.4) is 0 Å². The molecule has 0 aliphatic heterocycles. The zero-order valence-electron chi connectivity index (χ0n) is 13.3. The summed E-state index contributed by atoms with van der Waals surface area (Å²) in [7, 11) is 1.52. The lowest BCUT2D eigenvalue weighted by atomic mass is 10.1. The number of esters is 1. The zero-order chi connectivity index (χ0) is 17.5. The van der Waals surface area contributed by atoms with Gasteiger partial charge < -0.3 is 9.15 Å². The summed E-state index contributed by atoms with van der Waals surface area (Å²) in [4.78, 5) is 15.9. The van der Waals surface area contributed by atoms with Gasteiger partial charge in [0.1, 0.15) is 0 Å². The van der Waals surface area contributed by atoms with Crippen LogP contribution in [0.4, 0.5) is 13.2 Å². The van der Waals surface area contributed by atoms with E-state index >= 15 is 0 Å². The van der Waals surface area contributed by atoms with Crippen molar-refractivity contribution in [1.82, 2.24) is 14.8 Å². The number of ether oxygens (including phenoxy) is 1. The van der Waals surface area contributed by atoms with E-state index in [0.717, 1.165) is 0 Å². The van der Waals surface area contributed by atoms with Crippen molar-refractivity contribution in [2.75, 3.05) is 0 Å². The Morgan fingerprint density at radius 2 is 1.83 bits per heavy atom. The van der Waals surface area contributed by atoms with Crippen LogP contribution in [0.5, 0.6) is 0 Å². The molecule has 0 aromatic carbocycles. The number of aromatic nitrogens is 3. The first-order valence-electron chi connectivity index (χ1n) is 6.74. The van der Waals surface area contributed by atoms with Gasteiger partial charge in [-0.15, -0.1) is 0 Å². The van der Waals surface area contributed by atoms with E-state index < -0.39 is 18.2 Å². The first kappa shape index (κ1) is 17.0. The summed E-state index contributed by atoms with van der Waals surface area (Å²) < 4.78 is 51.2. The quantitative estimate of drug-likeness (QED) is 0.808. The van der Waals surface area contributed by atoms with E-state index in [2.05, 4.69) is 10.1 Å². The van der Waals surface area contributed by atoms with Crippen LogP contribution < -0.4 is 0 Å². The molecule has 0 bridgehead atoms. The molecule has 0 saturated heterocycles. The Labute approximate surface area is 130 Å². The second kappa shape index (κ2) is 5.71. The van der Waals surface area contributed by atoms with E-state index in [1.165, 1.54) is 39.4 Å². The molecule has 126 valence electrons. The first-order valence-corrected chi connectivity index (χ1v) is 6.74. The molecule has 0 aliphatic rings. The molecule has 6 nitrogen and oxygen atoms in total. The number of hydrogen-bond acceptors (Lipinski definition) is 5. The number of carbonyl (C=O) groups excluding carboxylic acids is 1. The van der Waals surface area contributed by atoms with Gasteiger partial charge in [0.15, 0.2) is 5.89 Å². The number of alkyl halides is 3. The van der Waals surface area contributed by atoms with Gasteiger partial charge in [0, 0.05) is 25.2 Å². The predicted octanol–water partition coefficient (Wildman–Crippen LogP) is 3.10. The Bertz CT molecular complexity index is 747. The Morgan fingerprint density at radius 1 is 1.22 bits per heavy atom. The summed E-state index contributed by atoms with van der Waals surface area (Å²) in [5.41, 5.74) is 0.406. The molecule has 2 rings (SSSR count). The second-order valence-electron chi connectivity index (χ2n) is 5.18. The smallest absolute Gasteiger partial charge is 0.430 e. The third kappa shape index (κ3) is 3.22. The highest BCUT2D eigenvalue weighted by Crippen LogP contribution is 2.39. The maximum Gasteiger partial charge on any atom is 0.430 e. The van der Waals surface area contributed by atoms with Crippen molar-refractivity contribution in [2.24, 2.45) is 7.05 Å². The van der Waals surface area contributed by atoms with E-state index in [4.69, 9.17) is 9.15 Å². The van der Waals surface area contributed by atoms with E-state index in [9.17, 15) is 18.0 Å². The van der Waals surface area contributed by atoms with E-state index in [-0.39, 0.29) is 34.3 Å². The Hall–Kier alpha value is -2.32. The van der Waals surface area contributed by atoms with Crippen molar-refractivity contribution in [2.45, 2.75) is 40.0 Å². The fraction of sp³-hybridized carbons (Fsp3) is 0.500. The molecule has 0 aliphatic carbocycles. The average molecular weight is 331 g/mol. The summed E-state index contributed by atoms with van der Waals surface area (Å²) in [5, 5.41) is 3.94.